The lowest BCUT2D eigenvalue weighted by atomic mass is 10.2. The van der Waals surface area contributed by atoms with Gasteiger partial charge in [-0.3, -0.25) is 4.79 Å². The maximum atomic E-state index is 11.3. The lowest BCUT2D eigenvalue weighted by molar-refractivity contribution is -0.115. The maximum absolute atomic E-state index is 11.3. The van der Waals surface area contributed by atoms with Crippen molar-refractivity contribution in [2.24, 2.45) is 0 Å². The van der Waals surface area contributed by atoms with Crippen molar-refractivity contribution in [3.05, 3.63) is 28.8 Å². The van der Waals surface area contributed by atoms with E-state index in [1.807, 2.05) is 6.92 Å². The predicted octanol–water partition coefficient (Wildman–Crippen LogP) is 3.96. The number of hydrogen-bond acceptors (Lipinski definition) is 1. The van der Waals surface area contributed by atoms with Crippen LogP contribution in [-0.4, -0.2) is 9.70 Å². The van der Waals surface area contributed by atoms with Crippen molar-refractivity contribution in [1.29, 1.82) is 0 Å². The lowest BCUT2D eigenvalue weighted by Crippen LogP contribution is -2.26. The zero-order valence-corrected chi connectivity index (χ0v) is 10.7. The summed E-state index contributed by atoms with van der Waals surface area (Å²) in [6, 6.07) is 5.05. The zero-order chi connectivity index (χ0) is 11.6. The summed E-state index contributed by atoms with van der Waals surface area (Å²) in [6.07, 6.45) is 0. The van der Waals surface area contributed by atoms with E-state index < -0.39 is 9.70 Å². The minimum atomic E-state index is -1.98. The van der Waals surface area contributed by atoms with Gasteiger partial charge in [0.25, 0.3) is 9.70 Å². The van der Waals surface area contributed by atoms with Gasteiger partial charge in [-0.05, 0) is 30.7 Å². The van der Waals surface area contributed by atoms with Crippen molar-refractivity contribution < 1.29 is 4.79 Å². The Bertz CT molecular complexity index is 366. The lowest BCUT2D eigenvalue weighted by Gasteiger charge is -2.12. The second-order valence-electron chi connectivity index (χ2n) is 2.97. The molecule has 0 atom stereocenters. The molecule has 1 aromatic carbocycles. The number of benzene rings is 1. The van der Waals surface area contributed by atoms with Gasteiger partial charge in [-0.15, -0.1) is 0 Å². The number of rotatable bonds is 1. The minimum absolute atomic E-state index is 0.497. The molecule has 1 rings (SSSR count). The molecule has 0 aliphatic carbocycles. The number of halogens is 4. The second-order valence-corrected chi connectivity index (χ2v) is 5.69. The van der Waals surface area contributed by atoms with Crippen LogP contribution in [0.1, 0.15) is 5.56 Å². The van der Waals surface area contributed by atoms with Crippen molar-refractivity contribution in [3.8, 4) is 0 Å². The number of nitrogens with one attached hydrogen (secondary N) is 1. The van der Waals surface area contributed by atoms with E-state index in [0.29, 0.717) is 10.7 Å². The molecule has 0 spiro atoms. The third-order valence-electron chi connectivity index (χ3n) is 1.56. The third kappa shape index (κ3) is 4.07. The van der Waals surface area contributed by atoms with Crippen LogP contribution < -0.4 is 5.32 Å². The Labute approximate surface area is 107 Å². The van der Waals surface area contributed by atoms with Gasteiger partial charge in [0.05, 0.1) is 0 Å². The second kappa shape index (κ2) is 4.79. The molecular weight excluding hydrogens is 280 g/mol. The van der Waals surface area contributed by atoms with Gasteiger partial charge in [-0.1, -0.05) is 46.4 Å². The van der Waals surface area contributed by atoms with E-state index in [0.717, 1.165) is 5.56 Å². The fourth-order valence-electron chi connectivity index (χ4n) is 1.01. The number of carbonyl (C=O) groups is 1. The molecule has 0 unspecified atom stereocenters. The van der Waals surface area contributed by atoms with Gasteiger partial charge in [-0.25, -0.2) is 0 Å². The molecule has 0 aromatic heterocycles. The Morgan fingerprint density at radius 1 is 1.27 bits per heavy atom. The van der Waals surface area contributed by atoms with Crippen LogP contribution >= 0.6 is 46.4 Å². The highest BCUT2D eigenvalue weighted by molar-refractivity contribution is 6.76. The molecular formula is C9H7Cl4NO. The molecule has 0 fully saturated rings. The number of hydrogen-bond donors (Lipinski definition) is 1. The molecule has 0 radical (unpaired) electrons. The number of amides is 1. The SMILES string of the molecule is Cc1cc(Cl)cc(NC(=O)C(Cl)(Cl)Cl)c1. The number of carbonyl (C=O) groups excluding carboxylic acids is 1. The highest BCUT2D eigenvalue weighted by Gasteiger charge is 2.30. The van der Waals surface area contributed by atoms with Gasteiger partial charge < -0.3 is 5.32 Å². The summed E-state index contributed by atoms with van der Waals surface area (Å²) in [5.74, 6) is -0.714. The number of anilines is 1. The molecule has 0 bridgehead atoms. The zero-order valence-electron chi connectivity index (χ0n) is 7.65. The largest absolute Gasteiger partial charge is 0.322 e. The van der Waals surface area contributed by atoms with E-state index in [9.17, 15) is 4.79 Å². The van der Waals surface area contributed by atoms with Gasteiger partial charge in [0.15, 0.2) is 0 Å². The van der Waals surface area contributed by atoms with Crippen LogP contribution in [0.5, 0.6) is 0 Å². The van der Waals surface area contributed by atoms with Crippen LogP contribution in [0, 0.1) is 6.92 Å². The topological polar surface area (TPSA) is 29.1 Å². The third-order valence-corrected chi connectivity index (χ3v) is 2.29. The predicted molar refractivity (Wildman–Crippen MR) is 65.1 cm³/mol. The summed E-state index contributed by atoms with van der Waals surface area (Å²) in [6.45, 7) is 1.84. The Balaban J connectivity index is 2.86. The fourth-order valence-corrected chi connectivity index (χ4v) is 1.44. The normalized spacial score (nSPS) is 11.3. The molecule has 1 N–H and O–H groups in total. The molecule has 0 saturated heterocycles. The summed E-state index contributed by atoms with van der Waals surface area (Å²) in [7, 11) is 0. The monoisotopic (exact) mass is 285 g/mol. The Kier molecular flexibility index (Phi) is 4.13. The smallest absolute Gasteiger partial charge is 0.276 e. The highest BCUT2D eigenvalue weighted by Crippen LogP contribution is 2.28. The molecule has 6 heteroatoms. The highest BCUT2D eigenvalue weighted by atomic mass is 35.6. The fraction of sp³-hybridized carbons (Fsp3) is 0.222. The van der Waals surface area contributed by atoms with E-state index in [2.05, 4.69) is 5.32 Å². The summed E-state index contributed by atoms with van der Waals surface area (Å²) >= 11 is 22.0. The molecule has 0 aliphatic rings. The summed E-state index contributed by atoms with van der Waals surface area (Å²) in [4.78, 5) is 11.3. The van der Waals surface area contributed by atoms with Crippen molar-refractivity contribution in [3.63, 3.8) is 0 Å². The average molecular weight is 287 g/mol. The first-order valence-electron chi connectivity index (χ1n) is 3.94. The van der Waals surface area contributed by atoms with Crippen LogP contribution in [0.4, 0.5) is 5.69 Å². The minimum Gasteiger partial charge on any atom is -0.322 e. The van der Waals surface area contributed by atoms with Crippen LogP contribution in [-0.2, 0) is 4.79 Å². The summed E-state index contributed by atoms with van der Waals surface area (Å²) < 4.78 is -1.98. The van der Waals surface area contributed by atoms with Crippen molar-refractivity contribution in [2.75, 3.05) is 5.32 Å². The first-order chi connectivity index (χ1) is 6.79. The van der Waals surface area contributed by atoms with Crippen LogP contribution in [0.2, 0.25) is 5.02 Å². The Hall–Kier alpha value is -0.150. The van der Waals surface area contributed by atoms with E-state index in [4.69, 9.17) is 46.4 Å². The van der Waals surface area contributed by atoms with Gasteiger partial charge in [0.2, 0.25) is 0 Å². The summed E-state index contributed by atoms with van der Waals surface area (Å²) in [5.41, 5.74) is 1.40. The van der Waals surface area contributed by atoms with Gasteiger partial charge in [-0.2, -0.15) is 0 Å². The number of aryl methyl sites for hydroxylation is 1. The molecule has 2 nitrogen and oxygen atoms in total. The molecule has 15 heavy (non-hydrogen) atoms. The molecule has 0 aliphatic heterocycles. The molecule has 0 saturated carbocycles. The van der Waals surface area contributed by atoms with E-state index >= 15 is 0 Å². The first kappa shape index (κ1) is 12.9. The van der Waals surface area contributed by atoms with Crippen molar-refractivity contribution in [2.45, 2.75) is 10.7 Å². The van der Waals surface area contributed by atoms with Crippen LogP contribution in [0.3, 0.4) is 0 Å². The van der Waals surface area contributed by atoms with Gasteiger partial charge >= 0.3 is 0 Å². The molecule has 1 aromatic rings. The van der Waals surface area contributed by atoms with Crippen molar-refractivity contribution >= 4 is 58.0 Å². The van der Waals surface area contributed by atoms with Gasteiger partial charge in [0, 0.05) is 10.7 Å². The summed E-state index contributed by atoms with van der Waals surface area (Å²) in [5, 5.41) is 2.95. The first-order valence-corrected chi connectivity index (χ1v) is 5.45. The average Bonchev–Trinajstić information content (AvgIpc) is 1.99. The molecule has 0 heterocycles. The number of alkyl halides is 3. The Morgan fingerprint density at radius 3 is 2.33 bits per heavy atom. The van der Waals surface area contributed by atoms with E-state index in [-0.39, 0.29) is 0 Å². The van der Waals surface area contributed by atoms with Gasteiger partial charge in [0.1, 0.15) is 0 Å². The van der Waals surface area contributed by atoms with Crippen LogP contribution in [0.15, 0.2) is 18.2 Å². The van der Waals surface area contributed by atoms with Crippen LogP contribution in [0.25, 0.3) is 0 Å². The molecule has 1 amide bonds. The molecule has 82 valence electrons. The van der Waals surface area contributed by atoms with E-state index in [1.165, 1.54) is 0 Å². The standard InChI is InChI=1S/C9H7Cl4NO/c1-5-2-6(10)4-7(3-5)14-8(15)9(11,12)13/h2-4H,1H3,(H,14,15). The Morgan fingerprint density at radius 2 is 1.87 bits per heavy atom. The quantitative estimate of drug-likeness (QED) is 0.778. The van der Waals surface area contributed by atoms with Crippen molar-refractivity contribution in [1.82, 2.24) is 0 Å². The maximum Gasteiger partial charge on any atom is 0.276 e. The van der Waals surface area contributed by atoms with E-state index in [1.54, 1.807) is 18.2 Å².